The summed E-state index contributed by atoms with van der Waals surface area (Å²) >= 11 is 0. The van der Waals surface area contributed by atoms with E-state index in [1.54, 1.807) is 0 Å². The van der Waals surface area contributed by atoms with Crippen LogP contribution in [0.1, 0.15) is 40.0 Å². The van der Waals surface area contributed by atoms with Gasteiger partial charge in [0.2, 0.25) is 0 Å². The van der Waals surface area contributed by atoms with E-state index in [1.807, 2.05) is 26.8 Å². The predicted octanol–water partition coefficient (Wildman–Crippen LogP) is 2.41. The Kier molecular flexibility index (Phi) is 2.38. The fraction of sp³-hybridized carbons (Fsp3) is 0.750. The highest BCUT2D eigenvalue weighted by atomic mass is 16.6. The van der Waals surface area contributed by atoms with Crippen LogP contribution in [-0.4, -0.2) is 18.2 Å². The Morgan fingerprint density at radius 1 is 1.47 bits per heavy atom. The lowest BCUT2D eigenvalue weighted by molar-refractivity contribution is -0.155. The minimum atomic E-state index is -0.450. The van der Waals surface area contributed by atoms with E-state index in [2.05, 4.69) is 0 Å². The first kappa shape index (κ1) is 10.7. The van der Waals surface area contributed by atoms with Crippen LogP contribution in [0.25, 0.3) is 0 Å². The van der Waals surface area contributed by atoms with E-state index in [9.17, 15) is 4.79 Å². The smallest absolute Gasteiger partial charge is 0.316 e. The predicted molar refractivity (Wildman–Crippen MR) is 56.2 cm³/mol. The molecule has 2 aliphatic rings. The lowest BCUT2D eigenvalue weighted by atomic mass is 9.79. The van der Waals surface area contributed by atoms with Crippen molar-refractivity contribution >= 4 is 5.97 Å². The summed E-state index contributed by atoms with van der Waals surface area (Å²) in [5, 5.41) is 0. The standard InChI is InChI=1S/C12H18O3/c1-11(2,3)10(13)15-9-5-8-14-12(9)6-4-7-12/h5H,4,6-8H2,1-3H3. The van der Waals surface area contributed by atoms with E-state index in [1.165, 1.54) is 0 Å². The van der Waals surface area contributed by atoms with Crippen molar-refractivity contribution in [1.82, 2.24) is 0 Å². The number of hydrogen-bond donors (Lipinski definition) is 0. The highest BCUT2D eigenvalue weighted by molar-refractivity contribution is 5.76. The van der Waals surface area contributed by atoms with Crippen LogP contribution in [-0.2, 0) is 14.3 Å². The van der Waals surface area contributed by atoms with E-state index in [0.29, 0.717) is 6.61 Å². The molecule has 1 heterocycles. The van der Waals surface area contributed by atoms with Gasteiger partial charge < -0.3 is 9.47 Å². The highest BCUT2D eigenvalue weighted by Gasteiger charge is 2.47. The molecule has 0 aromatic heterocycles. The minimum absolute atomic E-state index is 0.175. The fourth-order valence-corrected chi connectivity index (χ4v) is 1.81. The second-order valence-electron chi connectivity index (χ2n) is 5.37. The largest absolute Gasteiger partial charge is 0.428 e. The maximum Gasteiger partial charge on any atom is 0.316 e. The number of ether oxygens (including phenoxy) is 2. The summed E-state index contributed by atoms with van der Waals surface area (Å²) < 4.78 is 11.1. The average molecular weight is 210 g/mol. The van der Waals surface area contributed by atoms with E-state index >= 15 is 0 Å². The van der Waals surface area contributed by atoms with Gasteiger partial charge in [0.1, 0.15) is 11.4 Å². The molecule has 0 saturated heterocycles. The lowest BCUT2D eigenvalue weighted by Gasteiger charge is -2.39. The van der Waals surface area contributed by atoms with Crippen molar-refractivity contribution in [2.24, 2.45) is 5.41 Å². The Bertz CT molecular complexity index is 305. The Labute approximate surface area is 90.4 Å². The van der Waals surface area contributed by atoms with Crippen molar-refractivity contribution in [3.8, 4) is 0 Å². The second-order valence-corrected chi connectivity index (χ2v) is 5.37. The van der Waals surface area contributed by atoms with Crippen LogP contribution in [0.4, 0.5) is 0 Å². The van der Waals surface area contributed by atoms with E-state index in [4.69, 9.17) is 9.47 Å². The molecule has 1 aliphatic carbocycles. The molecule has 1 aliphatic heterocycles. The molecule has 15 heavy (non-hydrogen) atoms. The molecular weight excluding hydrogens is 192 g/mol. The van der Waals surface area contributed by atoms with E-state index in [0.717, 1.165) is 25.0 Å². The number of carbonyl (C=O) groups is 1. The molecule has 3 heteroatoms. The lowest BCUT2D eigenvalue weighted by Crippen LogP contribution is -2.41. The first-order valence-electron chi connectivity index (χ1n) is 5.51. The zero-order chi connectivity index (χ0) is 11.1. The number of carbonyl (C=O) groups excluding carboxylic acids is 1. The van der Waals surface area contributed by atoms with Crippen molar-refractivity contribution in [3.63, 3.8) is 0 Å². The SMILES string of the molecule is CC(C)(C)C(=O)OC1=CCOC12CCC2. The molecule has 1 saturated carbocycles. The molecule has 1 fully saturated rings. The molecule has 3 nitrogen and oxygen atoms in total. The normalized spacial score (nSPS) is 23.5. The van der Waals surface area contributed by atoms with Crippen LogP contribution >= 0.6 is 0 Å². The summed E-state index contributed by atoms with van der Waals surface area (Å²) in [6.07, 6.45) is 5.01. The fourth-order valence-electron chi connectivity index (χ4n) is 1.81. The van der Waals surface area contributed by atoms with Gasteiger partial charge in [-0.3, -0.25) is 4.79 Å². The zero-order valence-corrected chi connectivity index (χ0v) is 9.63. The van der Waals surface area contributed by atoms with E-state index < -0.39 is 5.41 Å². The first-order valence-corrected chi connectivity index (χ1v) is 5.51. The summed E-state index contributed by atoms with van der Waals surface area (Å²) in [5.41, 5.74) is -0.699. The van der Waals surface area contributed by atoms with E-state index in [-0.39, 0.29) is 11.6 Å². The molecule has 2 rings (SSSR count). The van der Waals surface area contributed by atoms with Crippen molar-refractivity contribution < 1.29 is 14.3 Å². The highest BCUT2D eigenvalue weighted by Crippen LogP contribution is 2.45. The van der Waals surface area contributed by atoms with Gasteiger partial charge in [-0.2, -0.15) is 0 Å². The number of hydrogen-bond acceptors (Lipinski definition) is 3. The van der Waals surface area contributed by atoms with Gasteiger partial charge in [-0.05, 0) is 46.1 Å². The minimum Gasteiger partial charge on any atom is -0.428 e. The van der Waals surface area contributed by atoms with Crippen LogP contribution in [0.5, 0.6) is 0 Å². The van der Waals surface area contributed by atoms with Gasteiger partial charge in [0.25, 0.3) is 0 Å². The third-order valence-corrected chi connectivity index (χ3v) is 3.05. The molecule has 0 atom stereocenters. The summed E-state index contributed by atoms with van der Waals surface area (Å²) in [6, 6.07) is 0. The van der Waals surface area contributed by atoms with Gasteiger partial charge >= 0.3 is 5.97 Å². The molecule has 0 unspecified atom stereocenters. The monoisotopic (exact) mass is 210 g/mol. The van der Waals surface area contributed by atoms with Crippen molar-refractivity contribution in [1.29, 1.82) is 0 Å². The Hall–Kier alpha value is -0.830. The number of rotatable bonds is 1. The molecule has 0 bridgehead atoms. The summed E-state index contributed by atoms with van der Waals surface area (Å²) in [5.74, 6) is 0.569. The molecule has 0 aromatic rings. The molecule has 0 N–H and O–H groups in total. The zero-order valence-electron chi connectivity index (χ0n) is 9.63. The van der Waals surface area contributed by atoms with Crippen molar-refractivity contribution in [2.45, 2.75) is 45.6 Å². The van der Waals surface area contributed by atoms with Crippen LogP contribution in [0, 0.1) is 5.41 Å². The molecule has 0 aromatic carbocycles. The summed E-state index contributed by atoms with van der Waals surface area (Å²) in [4.78, 5) is 11.7. The van der Waals surface area contributed by atoms with Gasteiger partial charge in [0.05, 0.1) is 12.0 Å². The van der Waals surface area contributed by atoms with Crippen LogP contribution < -0.4 is 0 Å². The molecule has 1 spiro atoms. The second kappa shape index (κ2) is 3.34. The summed E-state index contributed by atoms with van der Waals surface area (Å²) in [7, 11) is 0. The Morgan fingerprint density at radius 3 is 2.60 bits per heavy atom. The van der Waals surface area contributed by atoms with Crippen LogP contribution in [0.3, 0.4) is 0 Å². The topological polar surface area (TPSA) is 35.5 Å². The maximum absolute atomic E-state index is 11.7. The number of esters is 1. The van der Waals surface area contributed by atoms with Gasteiger partial charge in [-0.1, -0.05) is 0 Å². The first-order chi connectivity index (χ1) is 6.94. The Balaban J connectivity index is 2.03. The van der Waals surface area contributed by atoms with Gasteiger partial charge in [-0.25, -0.2) is 0 Å². The van der Waals surface area contributed by atoms with Gasteiger partial charge in [0.15, 0.2) is 0 Å². The summed E-state index contributed by atoms with van der Waals surface area (Å²) in [6.45, 7) is 6.16. The van der Waals surface area contributed by atoms with Gasteiger partial charge in [0, 0.05) is 0 Å². The maximum atomic E-state index is 11.7. The van der Waals surface area contributed by atoms with Crippen molar-refractivity contribution in [3.05, 3.63) is 11.8 Å². The van der Waals surface area contributed by atoms with Gasteiger partial charge in [-0.15, -0.1) is 0 Å². The molecule has 0 radical (unpaired) electrons. The third-order valence-electron chi connectivity index (χ3n) is 3.05. The van der Waals surface area contributed by atoms with Crippen LogP contribution in [0.15, 0.2) is 11.8 Å². The Morgan fingerprint density at radius 2 is 2.13 bits per heavy atom. The average Bonchev–Trinajstić information content (AvgIpc) is 2.45. The van der Waals surface area contributed by atoms with Crippen LogP contribution in [0.2, 0.25) is 0 Å². The molecular formula is C12H18O3. The third kappa shape index (κ3) is 1.81. The van der Waals surface area contributed by atoms with Crippen molar-refractivity contribution in [2.75, 3.05) is 6.61 Å². The molecule has 84 valence electrons. The quantitative estimate of drug-likeness (QED) is 0.623. The molecule has 0 amide bonds.